The third-order valence-corrected chi connectivity index (χ3v) is 2.17. The summed E-state index contributed by atoms with van der Waals surface area (Å²) in [6.45, 7) is 1.98. The summed E-state index contributed by atoms with van der Waals surface area (Å²) < 4.78 is 10.4. The van der Waals surface area contributed by atoms with Gasteiger partial charge < -0.3 is 9.47 Å². The molecular formula is C11H14O3. The highest BCUT2D eigenvalue weighted by Gasteiger charge is 2.12. The van der Waals surface area contributed by atoms with Crippen molar-refractivity contribution in [1.82, 2.24) is 0 Å². The first kappa shape index (κ1) is 10.6. The summed E-state index contributed by atoms with van der Waals surface area (Å²) in [5, 5.41) is 0. The Balaban J connectivity index is 3.35. The SMILES string of the molecule is CCc1c(C=O)ccc(OC)c1OC. The standard InChI is InChI=1S/C11H14O3/c1-4-9-8(7-12)5-6-10(13-2)11(9)14-3/h5-7H,4H2,1-3H3. The van der Waals surface area contributed by atoms with Gasteiger partial charge in [-0.25, -0.2) is 0 Å². The van der Waals surface area contributed by atoms with Crippen LogP contribution in [0.25, 0.3) is 0 Å². The van der Waals surface area contributed by atoms with Gasteiger partial charge in [-0.2, -0.15) is 0 Å². The molecule has 0 amide bonds. The molecule has 0 fully saturated rings. The molecule has 1 aromatic carbocycles. The van der Waals surface area contributed by atoms with Gasteiger partial charge in [0.05, 0.1) is 14.2 Å². The monoisotopic (exact) mass is 194 g/mol. The summed E-state index contributed by atoms with van der Waals surface area (Å²) in [6, 6.07) is 3.48. The van der Waals surface area contributed by atoms with Crippen molar-refractivity contribution in [2.24, 2.45) is 0 Å². The lowest BCUT2D eigenvalue weighted by Gasteiger charge is -2.12. The number of methoxy groups -OCH3 is 2. The second-order valence-corrected chi connectivity index (χ2v) is 2.84. The third kappa shape index (κ3) is 1.71. The Morgan fingerprint density at radius 1 is 1.29 bits per heavy atom. The molecule has 0 bridgehead atoms. The summed E-state index contributed by atoms with van der Waals surface area (Å²) in [5.41, 5.74) is 1.55. The second kappa shape index (κ2) is 4.65. The number of rotatable bonds is 4. The van der Waals surface area contributed by atoms with Crippen LogP contribution in [0.3, 0.4) is 0 Å². The summed E-state index contributed by atoms with van der Waals surface area (Å²) >= 11 is 0. The molecule has 0 aliphatic rings. The Morgan fingerprint density at radius 3 is 2.43 bits per heavy atom. The van der Waals surface area contributed by atoms with Crippen LogP contribution < -0.4 is 9.47 Å². The first-order chi connectivity index (χ1) is 6.78. The van der Waals surface area contributed by atoms with E-state index in [0.29, 0.717) is 17.1 Å². The Bertz CT molecular complexity index is 332. The summed E-state index contributed by atoms with van der Waals surface area (Å²) in [6.07, 6.45) is 1.58. The van der Waals surface area contributed by atoms with Gasteiger partial charge in [0.15, 0.2) is 11.5 Å². The van der Waals surface area contributed by atoms with Gasteiger partial charge in [-0.3, -0.25) is 4.79 Å². The zero-order valence-electron chi connectivity index (χ0n) is 8.66. The predicted octanol–water partition coefficient (Wildman–Crippen LogP) is 2.08. The van der Waals surface area contributed by atoms with Crippen molar-refractivity contribution < 1.29 is 14.3 Å². The molecule has 3 nitrogen and oxygen atoms in total. The van der Waals surface area contributed by atoms with E-state index in [0.717, 1.165) is 18.3 Å². The third-order valence-electron chi connectivity index (χ3n) is 2.17. The predicted molar refractivity (Wildman–Crippen MR) is 54.3 cm³/mol. The molecule has 3 heteroatoms. The van der Waals surface area contributed by atoms with Gasteiger partial charge in [-0.05, 0) is 18.6 Å². The lowest BCUT2D eigenvalue weighted by molar-refractivity contribution is 0.112. The molecule has 76 valence electrons. The number of benzene rings is 1. The fraction of sp³-hybridized carbons (Fsp3) is 0.364. The maximum atomic E-state index is 10.8. The number of aldehydes is 1. The van der Waals surface area contributed by atoms with Crippen LogP contribution in [0, 0.1) is 0 Å². The second-order valence-electron chi connectivity index (χ2n) is 2.84. The van der Waals surface area contributed by atoms with Gasteiger partial charge in [-0.15, -0.1) is 0 Å². The molecule has 0 radical (unpaired) electrons. The van der Waals surface area contributed by atoms with E-state index in [1.807, 2.05) is 6.92 Å². The van der Waals surface area contributed by atoms with E-state index in [2.05, 4.69) is 0 Å². The number of carbonyl (C=O) groups is 1. The highest BCUT2D eigenvalue weighted by molar-refractivity contribution is 5.79. The van der Waals surface area contributed by atoms with Crippen LogP contribution in [0.15, 0.2) is 12.1 Å². The van der Waals surface area contributed by atoms with Gasteiger partial charge in [0, 0.05) is 11.1 Å². The van der Waals surface area contributed by atoms with Gasteiger partial charge in [0.25, 0.3) is 0 Å². The Hall–Kier alpha value is -1.51. The molecule has 14 heavy (non-hydrogen) atoms. The van der Waals surface area contributed by atoms with E-state index in [4.69, 9.17) is 9.47 Å². The average Bonchev–Trinajstić information content (AvgIpc) is 2.26. The van der Waals surface area contributed by atoms with E-state index >= 15 is 0 Å². The number of hydrogen-bond donors (Lipinski definition) is 0. The zero-order chi connectivity index (χ0) is 10.6. The molecule has 1 aromatic rings. The van der Waals surface area contributed by atoms with Crippen LogP contribution in [0.1, 0.15) is 22.8 Å². The van der Waals surface area contributed by atoms with Crippen LogP contribution in [-0.4, -0.2) is 20.5 Å². The molecule has 0 spiro atoms. The van der Waals surface area contributed by atoms with Crippen molar-refractivity contribution in [1.29, 1.82) is 0 Å². The minimum absolute atomic E-state index is 0.652. The van der Waals surface area contributed by atoms with E-state index in [1.165, 1.54) is 0 Å². The van der Waals surface area contributed by atoms with E-state index in [-0.39, 0.29) is 0 Å². The number of carbonyl (C=O) groups excluding carboxylic acids is 1. The Labute approximate surface area is 83.6 Å². The van der Waals surface area contributed by atoms with Crippen molar-refractivity contribution >= 4 is 6.29 Å². The minimum atomic E-state index is 0.652. The van der Waals surface area contributed by atoms with E-state index < -0.39 is 0 Å². The van der Waals surface area contributed by atoms with E-state index in [9.17, 15) is 4.79 Å². The Kier molecular flexibility index (Phi) is 3.51. The zero-order valence-corrected chi connectivity index (χ0v) is 8.66. The molecule has 0 atom stereocenters. The minimum Gasteiger partial charge on any atom is -0.493 e. The smallest absolute Gasteiger partial charge is 0.164 e. The fourth-order valence-corrected chi connectivity index (χ4v) is 1.48. The molecule has 0 saturated heterocycles. The first-order valence-electron chi connectivity index (χ1n) is 4.47. The van der Waals surface area contributed by atoms with Gasteiger partial charge in [0.1, 0.15) is 6.29 Å². The van der Waals surface area contributed by atoms with Crippen molar-refractivity contribution in [3.05, 3.63) is 23.3 Å². The van der Waals surface area contributed by atoms with Crippen LogP contribution >= 0.6 is 0 Å². The molecular weight excluding hydrogens is 180 g/mol. The largest absolute Gasteiger partial charge is 0.493 e. The molecule has 0 aliphatic carbocycles. The van der Waals surface area contributed by atoms with Crippen LogP contribution in [0.4, 0.5) is 0 Å². The topological polar surface area (TPSA) is 35.5 Å². The van der Waals surface area contributed by atoms with Crippen LogP contribution in [0.5, 0.6) is 11.5 Å². The lowest BCUT2D eigenvalue weighted by atomic mass is 10.0. The van der Waals surface area contributed by atoms with Gasteiger partial charge in [-0.1, -0.05) is 6.92 Å². The lowest BCUT2D eigenvalue weighted by Crippen LogP contribution is -1.99. The van der Waals surface area contributed by atoms with Crippen molar-refractivity contribution in [3.8, 4) is 11.5 Å². The Morgan fingerprint density at radius 2 is 2.00 bits per heavy atom. The van der Waals surface area contributed by atoms with Gasteiger partial charge in [0.2, 0.25) is 0 Å². The number of ether oxygens (including phenoxy) is 2. The van der Waals surface area contributed by atoms with Crippen molar-refractivity contribution in [3.63, 3.8) is 0 Å². The average molecular weight is 194 g/mol. The van der Waals surface area contributed by atoms with Crippen molar-refractivity contribution in [2.75, 3.05) is 14.2 Å². The molecule has 0 N–H and O–H groups in total. The quantitative estimate of drug-likeness (QED) is 0.688. The first-order valence-corrected chi connectivity index (χ1v) is 4.47. The van der Waals surface area contributed by atoms with E-state index in [1.54, 1.807) is 26.4 Å². The molecule has 0 heterocycles. The highest BCUT2D eigenvalue weighted by atomic mass is 16.5. The fourth-order valence-electron chi connectivity index (χ4n) is 1.48. The van der Waals surface area contributed by atoms with Crippen LogP contribution in [0.2, 0.25) is 0 Å². The normalized spacial score (nSPS) is 9.64. The maximum Gasteiger partial charge on any atom is 0.164 e. The highest BCUT2D eigenvalue weighted by Crippen LogP contribution is 2.32. The summed E-state index contributed by atoms with van der Waals surface area (Å²) in [7, 11) is 3.16. The molecule has 0 unspecified atom stereocenters. The molecule has 1 rings (SSSR count). The van der Waals surface area contributed by atoms with Crippen molar-refractivity contribution in [2.45, 2.75) is 13.3 Å². The van der Waals surface area contributed by atoms with Gasteiger partial charge >= 0.3 is 0 Å². The molecule has 0 aromatic heterocycles. The summed E-state index contributed by atoms with van der Waals surface area (Å²) in [5.74, 6) is 1.31. The molecule has 0 aliphatic heterocycles. The van der Waals surface area contributed by atoms with Crippen LogP contribution in [-0.2, 0) is 6.42 Å². The number of hydrogen-bond acceptors (Lipinski definition) is 3. The maximum absolute atomic E-state index is 10.8. The summed E-state index contributed by atoms with van der Waals surface area (Å²) in [4.78, 5) is 10.8. The molecule has 0 saturated carbocycles.